The first-order valence-electron chi connectivity index (χ1n) is 7.05. The summed E-state index contributed by atoms with van der Waals surface area (Å²) in [5, 5.41) is 10.9. The third kappa shape index (κ3) is 2.30. The van der Waals surface area contributed by atoms with Gasteiger partial charge >= 0.3 is 0 Å². The van der Waals surface area contributed by atoms with Gasteiger partial charge < -0.3 is 5.11 Å². The minimum atomic E-state index is -0.335. The monoisotopic (exact) mass is 224 g/mol. The molecule has 4 unspecified atom stereocenters. The molecule has 0 spiro atoms. The molecule has 0 aliphatic heterocycles. The highest BCUT2D eigenvalue weighted by Gasteiger charge is 2.47. The lowest BCUT2D eigenvalue weighted by Crippen LogP contribution is -2.40. The predicted octanol–water partition coefficient (Wildman–Crippen LogP) is 4.00. The summed E-state index contributed by atoms with van der Waals surface area (Å²) < 4.78 is 0. The molecule has 1 N–H and O–H groups in total. The van der Waals surface area contributed by atoms with E-state index in [-0.39, 0.29) is 5.60 Å². The molecule has 1 nitrogen and oxygen atoms in total. The van der Waals surface area contributed by atoms with Crippen LogP contribution in [0.1, 0.15) is 66.2 Å². The predicted molar refractivity (Wildman–Crippen MR) is 68.3 cm³/mol. The average molecular weight is 224 g/mol. The molecular formula is C15H28O. The van der Waals surface area contributed by atoms with Crippen molar-refractivity contribution in [1.29, 1.82) is 0 Å². The van der Waals surface area contributed by atoms with E-state index >= 15 is 0 Å². The Morgan fingerprint density at radius 3 is 2.19 bits per heavy atom. The van der Waals surface area contributed by atoms with Crippen molar-refractivity contribution >= 4 is 0 Å². The van der Waals surface area contributed by atoms with Gasteiger partial charge in [0, 0.05) is 0 Å². The van der Waals surface area contributed by atoms with Crippen LogP contribution in [0.4, 0.5) is 0 Å². The topological polar surface area (TPSA) is 20.2 Å². The Balaban J connectivity index is 2.03. The first-order valence-corrected chi connectivity index (χ1v) is 7.05. The molecule has 2 aliphatic carbocycles. The van der Waals surface area contributed by atoms with Crippen LogP contribution in [0.5, 0.6) is 0 Å². The molecular weight excluding hydrogens is 196 g/mol. The number of aliphatic hydroxyl groups is 1. The van der Waals surface area contributed by atoms with Crippen LogP contribution >= 0.6 is 0 Å². The maximum atomic E-state index is 10.9. The van der Waals surface area contributed by atoms with Gasteiger partial charge in [-0.05, 0) is 55.3 Å². The van der Waals surface area contributed by atoms with Gasteiger partial charge in [-0.25, -0.2) is 0 Å². The molecule has 2 rings (SSSR count). The zero-order valence-electron chi connectivity index (χ0n) is 11.4. The molecule has 0 aromatic heterocycles. The molecule has 0 saturated heterocycles. The fourth-order valence-electron chi connectivity index (χ4n) is 3.94. The van der Waals surface area contributed by atoms with E-state index in [1.54, 1.807) is 0 Å². The maximum Gasteiger partial charge on any atom is 0.0681 e. The summed E-state index contributed by atoms with van der Waals surface area (Å²) in [7, 11) is 0. The Bertz CT molecular complexity index is 258. The summed E-state index contributed by atoms with van der Waals surface area (Å²) in [4.78, 5) is 0. The van der Waals surface area contributed by atoms with Crippen molar-refractivity contribution in [2.24, 2.45) is 23.2 Å². The Morgan fingerprint density at radius 1 is 1.00 bits per heavy atom. The lowest BCUT2D eigenvalue weighted by molar-refractivity contribution is -0.0479. The fourth-order valence-corrected chi connectivity index (χ4v) is 3.94. The van der Waals surface area contributed by atoms with Crippen molar-refractivity contribution in [1.82, 2.24) is 0 Å². The second-order valence-electron chi connectivity index (χ2n) is 7.41. The van der Waals surface area contributed by atoms with Crippen LogP contribution < -0.4 is 0 Å². The molecule has 0 amide bonds. The van der Waals surface area contributed by atoms with E-state index in [4.69, 9.17) is 0 Å². The van der Waals surface area contributed by atoms with Crippen LogP contribution in [-0.4, -0.2) is 10.7 Å². The highest BCUT2D eigenvalue weighted by molar-refractivity contribution is 4.99. The summed E-state index contributed by atoms with van der Waals surface area (Å²) >= 11 is 0. The third-order valence-electron chi connectivity index (χ3n) is 5.38. The standard InChI is InChI=1S/C15H28O/c1-11-5-6-13(9-12(11)2)15(16)8-7-14(3,4)10-15/h11-13,16H,5-10H2,1-4H3. The molecule has 0 radical (unpaired) electrons. The van der Waals surface area contributed by atoms with Gasteiger partial charge in [-0.3, -0.25) is 0 Å². The van der Waals surface area contributed by atoms with Crippen LogP contribution in [0.25, 0.3) is 0 Å². The largest absolute Gasteiger partial charge is 0.390 e. The van der Waals surface area contributed by atoms with Gasteiger partial charge in [-0.2, -0.15) is 0 Å². The average Bonchev–Trinajstić information content (AvgIpc) is 2.47. The highest BCUT2D eigenvalue weighted by Crippen LogP contribution is 2.51. The van der Waals surface area contributed by atoms with E-state index < -0.39 is 0 Å². The van der Waals surface area contributed by atoms with E-state index in [2.05, 4.69) is 27.7 Å². The second kappa shape index (κ2) is 4.01. The van der Waals surface area contributed by atoms with Crippen molar-refractivity contribution < 1.29 is 5.11 Å². The van der Waals surface area contributed by atoms with Crippen molar-refractivity contribution in [2.45, 2.75) is 71.8 Å². The van der Waals surface area contributed by atoms with E-state index in [9.17, 15) is 5.11 Å². The number of hydrogen-bond acceptors (Lipinski definition) is 1. The molecule has 2 aliphatic rings. The van der Waals surface area contributed by atoms with Crippen LogP contribution in [-0.2, 0) is 0 Å². The molecule has 2 fully saturated rings. The molecule has 0 heterocycles. The Kier molecular flexibility index (Phi) is 3.11. The lowest BCUT2D eigenvalue weighted by atomic mass is 9.68. The second-order valence-corrected chi connectivity index (χ2v) is 7.41. The van der Waals surface area contributed by atoms with Crippen molar-refractivity contribution in [3.8, 4) is 0 Å². The lowest BCUT2D eigenvalue weighted by Gasteiger charge is -2.41. The summed E-state index contributed by atoms with van der Waals surface area (Å²) in [6.45, 7) is 9.34. The Labute approximate surface area is 101 Å². The van der Waals surface area contributed by atoms with Crippen molar-refractivity contribution in [3.63, 3.8) is 0 Å². The quantitative estimate of drug-likeness (QED) is 0.714. The van der Waals surface area contributed by atoms with Crippen molar-refractivity contribution in [3.05, 3.63) is 0 Å². The van der Waals surface area contributed by atoms with Crippen LogP contribution in [0.15, 0.2) is 0 Å². The van der Waals surface area contributed by atoms with Gasteiger partial charge in [0.25, 0.3) is 0 Å². The minimum absolute atomic E-state index is 0.335. The molecule has 4 atom stereocenters. The normalized spacial score (nSPS) is 48.2. The maximum absolute atomic E-state index is 10.9. The summed E-state index contributed by atoms with van der Waals surface area (Å²) in [5.41, 5.74) is 0.0267. The van der Waals surface area contributed by atoms with Gasteiger partial charge in [0.05, 0.1) is 5.60 Å². The van der Waals surface area contributed by atoms with Gasteiger partial charge in [-0.15, -0.1) is 0 Å². The Morgan fingerprint density at radius 2 is 1.69 bits per heavy atom. The molecule has 16 heavy (non-hydrogen) atoms. The fraction of sp³-hybridized carbons (Fsp3) is 1.00. The molecule has 0 aromatic carbocycles. The summed E-state index contributed by atoms with van der Waals surface area (Å²) in [5.74, 6) is 2.22. The Hall–Kier alpha value is -0.0400. The summed E-state index contributed by atoms with van der Waals surface area (Å²) in [6.07, 6.45) is 7.06. The van der Waals surface area contributed by atoms with E-state index in [1.807, 2.05) is 0 Å². The molecule has 1 heteroatoms. The molecule has 2 saturated carbocycles. The zero-order valence-corrected chi connectivity index (χ0v) is 11.4. The zero-order chi connectivity index (χ0) is 12.0. The third-order valence-corrected chi connectivity index (χ3v) is 5.38. The number of rotatable bonds is 1. The first-order chi connectivity index (χ1) is 7.32. The molecule has 0 aromatic rings. The highest BCUT2D eigenvalue weighted by atomic mass is 16.3. The van der Waals surface area contributed by atoms with Crippen LogP contribution in [0, 0.1) is 23.2 Å². The van der Waals surface area contributed by atoms with Crippen LogP contribution in [0.2, 0.25) is 0 Å². The van der Waals surface area contributed by atoms with E-state index in [1.165, 1.54) is 25.7 Å². The van der Waals surface area contributed by atoms with Gasteiger partial charge in [0.2, 0.25) is 0 Å². The molecule has 94 valence electrons. The van der Waals surface area contributed by atoms with Gasteiger partial charge in [0.15, 0.2) is 0 Å². The SMILES string of the molecule is CC1CCC(C2(O)CCC(C)(C)C2)CC1C. The molecule has 0 bridgehead atoms. The van der Waals surface area contributed by atoms with E-state index in [0.717, 1.165) is 24.7 Å². The van der Waals surface area contributed by atoms with Gasteiger partial charge in [0.1, 0.15) is 0 Å². The first kappa shape index (κ1) is 12.4. The minimum Gasteiger partial charge on any atom is -0.390 e. The summed E-state index contributed by atoms with van der Waals surface area (Å²) in [6, 6.07) is 0. The smallest absolute Gasteiger partial charge is 0.0681 e. The van der Waals surface area contributed by atoms with Crippen molar-refractivity contribution in [2.75, 3.05) is 0 Å². The van der Waals surface area contributed by atoms with Gasteiger partial charge in [-0.1, -0.05) is 34.1 Å². The van der Waals surface area contributed by atoms with Crippen LogP contribution in [0.3, 0.4) is 0 Å². The van der Waals surface area contributed by atoms with E-state index in [0.29, 0.717) is 11.3 Å². The number of hydrogen-bond donors (Lipinski definition) is 1.